The summed E-state index contributed by atoms with van der Waals surface area (Å²) in [6, 6.07) is -1.25. The molecule has 8 aromatic carbocycles. The molecule has 1 aromatic heterocycles. The van der Waals surface area contributed by atoms with E-state index in [4.69, 9.17) is 24.2 Å². The lowest BCUT2D eigenvalue weighted by molar-refractivity contribution is 1.10. The van der Waals surface area contributed by atoms with E-state index in [2.05, 4.69) is 0 Å². The van der Waals surface area contributed by atoms with Crippen molar-refractivity contribution in [2.24, 2.45) is 0 Å². The minimum absolute atomic E-state index is 0.0713. The van der Waals surface area contributed by atoms with Gasteiger partial charge in [0.1, 0.15) is 5.82 Å². The van der Waals surface area contributed by atoms with Crippen molar-refractivity contribution in [1.82, 2.24) is 9.55 Å². The lowest BCUT2D eigenvalue weighted by atomic mass is 9.85. The van der Waals surface area contributed by atoms with Crippen LogP contribution in [0.2, 0.25) is 0 Å². The van der Waals surface area contributed by atoms with E-state index >= 15 is 0 Å². The zero-order valence-electron chi connectivity index (χ0n) is 43.0. The van der Waals surface area contributed by atoms with Crippen LogP contribution in [0.15, 0.2) is 169 Å². The second-order valence-electron chi connectivity index (χ2n) is 10.1. The summed E-state index contributed by atoms with van der Waals surface area (Å²) in [5, 5.41) is -2.42. The number of aromatic nitrogens is 2. The van der Waals surface area contributed by atoms with E-state index in [-0.39, 0.29) is 39.0 Å². The fourth-order valence-electron chi connectivity index (χ4n) is 5.68. The zero-order chi connectivity index (χ0) is 47.1. The number of para-hydroxylation sites is 3. The van der Waals surface area contributed by atoms with Crippen molar-refractivity contribution < 1.29 is 27.4 Å². The summed E-state index contributed by atoms with van der Waals surface area (Å²) in [7, 11) is 0. The average molecular weight is 593 g/mol. The Balaban J connectivity index is 1.50. The van der Waals surface area contributed by atoms with Gasteiger partial charge in [-0.1, -0.05) is 133 Å². The topological polar surface area (TPSA) is 17.8 Å². The molecule has 0 unspecified atom stereocenters. The van der Waals surface area contributed by atoms with Crippen molar-refractivity contribution in [2.75, 3.05) is 0 Å². The molecule has 0 N–H and O–H groups in total. The molecule has 210 valence electrons. The molecule has 0 atom stereocenters. The third-order valence-corrected chi connectivity index (χ3v) is 7.56. The molecule has 0 fully saturated rings. The number of benzene rings is 8. The molecule has 0 aliphatic heterocycles. The van der Waals surface area contributed by atoms with E-state index in [1.54, 1.807) is 30.3 Å². The summed E-state index contributed by atoms with van der Waals surface area (Å²) in [6.07, 6.45) is 0. The van der Waals surface area contributed by atoms with Gasteiger partial charge in [0, 0.05) is 11.3 Å². The predicted molar refractivity (Wildman–Crippen MR) is 190 cm³/mol. The zero-order valence-corrected chi connectivity index (χ0v) is 23.0. The number of fused-ring (bicyclic) bond motifs is 4. The number of nitrogens with zero attached hydrogens (tertiary/aromatic N) is 2. The molecule has 45 heavy (non-hydrogen) atoms. The Morgan fingerprint density at radius 2 is 1.09 bits per heavy atom. The molecule has 0 bridgehead atoms. The Morgan fingerprint density at radius 1 is 0.489 bits per heavy atom. The SMILES string of the molecule is [2H]c1c([2H])c([2H])c(-n2c(-c3cccc(-c4c5c([2H])c([2H])c([2H])c([2H])c5c(-c5c([2H])c([2H])c6c([2H])c([2H])c([2H])c([2H])c6c5[2H])c5c([2H])c([2H])c([2H])c([2H])c45)c3)nc3ccccc32)c([2H])c1[2H]. The van der Waals surface area contributed by atoms with Crippen LogP contribution in [0.25, 0.3) is 82.7 Å². The molecule has 2 nitrogen and oxygen atoms in total. The van der Waals surface area contributed by atoms with Gasteiger partial charge in [-0.05, 0) is 90.9 Å². The molecule has 0 aliphatic carbocycles. The van der Waals surface area contributed by atoms with Crippen molar-refractivity contribution in [3.8, 4) is 39.3 Å². The third-order valence-electron chi connectivity index (χ3n) is 7.56. The van der Waals surface area contributed by atoms with Crippen LogP contribution >= 0.6 is 0 Å². The minimum Gasteiger partial charge on any atom is -0.292 e. The Labute approximate surface area is 289 Å². The first-order valence-electron chi connectivity index (χ1n) is 23.8. The summed E-state index contributed by atoms with van der Waals surface area (Å²) in [4.78, 5) is 4.80. The van der Waals surface area contributed by atoms with Gasteiger partial charge in [0.05, 0.1) is 38.4 Å². The van der Waals surface area contributed by atoms with E-state index in [1.807, 2.05) is 0 Å². The van der Waals surface area contributed by atoms with E-state index in [9.17, 15) is 8.22 Å². The highest BCUT2D eigenvalue weighted by molar-refractivity contribution is 6.21. The van der Waals surface area contributed by atoms with Crippen molar-refractivity contribution in [3.63, 3.8) is 0 Å². The van der Waals surface area contributed by atoms with Gasteiger partial charge >= 0.3 is 0 Å². The quantitative estimate of drug-likeness (QED) is 0.186. The van der Waals surface area contributed by atoms with E-state index in [1.165, 1.54) is 22.8 Å². The molecular weight excluding hydrogens is 544 g/mol. The van der Waals surface area contributed by atoms with Crippen molar-refractivity contribution in [1.29, 1.82) is 0 Å². The molecule has 0 saturated heterocycles. The molecule has 0 aliphatic rings. The summed E-state index contributed by atoms with van der Waals surface area (Å²) < 4.78 is 178. The molecule has 0 amide bonds. The van der Waals surface area contributed by atoms with Crippen LogP contribution in [0.3, 0.4) is 0 Å². The second kappa shape index (κ2) is 10.3. The summed E-state index contributed by atoms with van der Waals surface area (Å²) in [5.41, 5.74) is -0.334. The van der Waals surface area contributed by atoms with Gasteiger partial charge in [-0.15, -0.1) is 0 Å². The van der Waals surface area contributed by atoms with Crippen LogP contribution in [-0.4, -0.2) is 9.55 Å². The van der Waals surface area contributed by atoms with Crippen LogP contribution in [0.1, 0.15) is 27.4 Å². The summed E-state index contributed by atoms with van der Waals surface area (Å²) >= 11 is 0. The van der Waals surface area contributed by atoms with Crippen LogP contribution in [0, 0.1) is 0 Å². The van der Waals surface area contributed by atoms with Gasteiger partial charge in [-0.3, -0.25) is 4.57 Å². The third kappa shape index (κ3) is 4.15. The number of hydrogen-bond acceptors (Lipinski definition) is 1. The van der Waals surface area contributed by atoms with Crippen molar-refractivity contribution >= 4 is 43.4 Å². The summed E-state index contributed by atoms with van der Waals surface area (Å²) in [6.45, 7) is 0. The van der Waals surface area contributed by atoms with E-state index in [0.29, 0.717) is 11.0 Å². The van der Waals surface area contributed by atoms with Gasteiger partial charge in [0.2, 0.25) is 0 Å². The summed E-state index contributed by atoms with van der Waals surface area (Å²) in [5.74, 6) is 0.0713. The van der Waals surface area contributed by atoms with Crippen LogP contribution < -0.4 is 0 Å². The lowest BCUT2D eigenvalue weighted by Crippen LogP contribution is -1.97. The molecule has 1 heterocycles. The number of imidazole rings is 1. The first-order valence-corrected chi connectivity index (χ1v) is 13.8. The van der Waals surface area contributed by atoms with Gasteiger partial charge in [-0.25, -0.2) is 4.98 Å². The Hall–Kier alpha value is -5.99. The molecule has 2 heteroatoms. The van der Waals surface area contributed by atoms with Gasteiger partial charge in [0.15, 0.2) is 0 Å². The molecule has 0 spiro atoms. The molecule has 9 rings (SSSR count). The van der Waals surface area contributed by atoms with Gasteiger partial charge < -0.3 is 0 Å². The number of rotatable bonds is 4. The predicted octanol–water partition coefficient (Wildman–Crippen LogP) is 11.5. The van der Waals surface area contributed by atoms with Crippen LogP contribution in [0.5, 0.6) is 0 Å². The first kappa shape index (κ1) is 12.6. The van der Waals surface area contributed by atoms with Crippen LogP contribution in [-0.2, 0) is 0 Å². The highest BCUT2D eigenvalue weighted by atomic mass is 15.1. The average Bonchev–Trinajstić information content (AvgIpc) is 3.68. The maximum atomic E-state index is 9.45. The van der Waals surface area contributed by atoms with E-state index in [0.717, 1.165) is 0 Å². The highest BCUT2D eigenvalue weighted by Crippen LogP contribution is 2.44. The smallest absolute Gasteiger partial charge is 0.145 e. The molecule has 9 aromatic rings. The minimum atomic E-state index is -0.809. The maximum absolute atomic E-state index is 9.45. The largest absolute Gasteiger partial charge is 0.292 e. The standard InChI is InChI=1S/C43H28N2/c1-2-17-34(18-3-1)45-40-24-11-10-23-39(40)44-43(45)33-16-12-15-31(28-33)41-35-19-6-8-21-37(35)42(38-22-9-7-20-36(38)41)32-26-25-29-13-4-5-14-30(29)27-32/h1-28H/i1D,2D,3D,4D,5D,6D,7D,8D,9D,13D,14D,17D,18D,19D,20D,21D,22D,25D,26D,27D. The Morgan fingerprint density at radius 3 is 1.82 bits per heavy atom. The maximum Gasteiger partial charge on any atom is 0.145 e. The normalized spacial score (nSPS) is 17.8. The number of hydrogen-bond donors (Lipinski definition) is 0. The fraction of sp³-hybridized carbons (Fsp3) is 0. The highest BCUT2D eigenvalue weighted by Gasteiger charge is 2.19. The molecular formula is C43H28N2. The Bertz CT molecular complexity index is 3560. The molecule has 0 saturated carbocycles. The lowest BCUT2D eigenvalue weighted by Gasteiger charge is -2.18. The monoisotopic (exact) mass is 592 g/mol. The van der Waals surface area contributed by atoms with Gasteiger partial charge in [-0.2, -0.15) is 0 Å². The fourth-order valence-corrected chi connectivity index (χ4v) is 5.68. The second-order valence-corrected chi connectivity index (χ2v) is 10.1. The van der Waals surface area contributed by atoms with Crippen molar-refractivity contribution in [2.45, 2.75) is 0 Å². The van der Waals surface area contributed by atoms with Crippen molar-refractivity contribution in [3.05, 3.63) is 169 Å². The van der Waals surface area contributed by atoms with E-state index < -0.39 is 154 Å². The Kier molecular flexibility index (Phi) is 2.88. The van der Waals surface area contributed by atoms with Gasteiger partial charge in [0.25, 0.3) is 0 Å². The van der Waals surface area contributed by atoms with Crippen LogP contribution in [0.4, 0.5) is 0 Å². The molecule has 0 radical (unpaired) electrons. The first-order chi connectivity index (χ1) is 30.6.